The Kier molecular flexibility index (Phi) is 2.93. The zero-order valence-corrected chi connectivity index (χ0v) is 13.8. The van der Waals surface area contributed by atoms with Gasteiger partial charge in [0.15, 0.2) is 8.40 Å². The molecule has 0 atom stereocenters. The molecule has 1 aliphatic heterocycles. The molecule has 0 aromatic carbocycles. The van der Waals surface area contributed by atoms with E-state index in [1.165, 1.54) is 0 Å². The Bertz CT molecular complexity index is 221. The van der Waals surface area contributed by atoms with Crippen LogP contribution < -0.4 is 0 Å². The fraction of sp³-hybridized carbons (Fsp3) is 1.00. The molecule has 1 saturated heterocycles. The van der Waals surface area contributed by atoms with Gasteiger partial charge in [0.05, 0.1) is 0 Å². The topological polar surface area (TPSA) is 15.7 Å². The summed E-state index contributed by atoms with van der Waals surface area (Å²) in [6.07, 6.45) is 0. The zero-order valence-electron chi connectivity index (χ0n) is 10.8. The summed E-state index contributed by atoms with van der Waals surface area (Å²) in [5.41, 5.74) is 0. The van der Waals surface area contributed by atoms with Crippen molar-refractivity contribution in [1.82, 2.24) is 8.46 Å². The van der Waals surface area contributed by atoms with Crippen LogP contribution in [0.4, 0.5) is 0 Å². The molecule has 0 radical (unpaired) electrons. The van der Waals surface area contributed by atoms with Crippen molar-refractivity contribution in [1.29, 1.82) is 0 Å². The molecule has 3 nitrogen and oxygen atoms in total. The van der Waals surface area contributed by atoms with Crippen LogP contribution in [0, 0.1) is 0 Å². The van der Waals surface area contributed by atoms with Crippen molar-refractivity contribution >= 4 is 25.4 Å². The molecule has 0 bridgehead atoms. The lowest BCUT2D eigenvalue weighted by Crippen LogP contribution is -2.80. The van der Waals surface area contributed by atoms with Gasteiger partial charge in [-0.1, -0.05) is 0 Å². The van der Waals surface area contributed by atoms with Crippen molar-refractivity contribution in [3.63, 3.8) is 0 Å². The van der Waals surface area contributed by atoms with Crippen LogP contribution in [0.3, 0.4) is 0 Å². The number of hydrogen-bond acceptors (Lipinski definition) is 3. The number of hydrogen-bond donors (Lipinski definition) is 0. The summed E-state index contributed by atoms with van der Waals surface area (Å²) in [5.74, 6) is 0. The van der Waals surface area contributed by atoms with Crippen LogP contribution in [0.15, 0.2) is 0 Å². The molecule has 1 aliphatic rings. The van der Waals surface area contributed by atoms with Crippen LogP contribution in [-0.4, -0.2) is 47.9 Å². The van der Waals surface area contributed by atoms with Gasteiger partial charge in [-0.2, -0.15) is 0 Å². The van der Waals surface area contributed by atoms with Crippen molar-refractivity contribution in [3.8, 4) is 0 Å². The van der Waals surface area contributed by atoms with E-state index in [4.69, 9.17) is 4.12 Å². The van der Waals surface area contributed by atoms with E-state index in [0.717, 1.165) is 0 Å². The summed E-state index contributed by atoms with van der Waals surface area (Å²) < 4.78 is 11.5. The van der Waals surface area contributed by atoms with E-state index in [-0.39, 0.29) is 0 Å². The van der Waals surface area contributed by atoms with Crippen molar-refractivity contribution in [3.05, 3.63) is 0 Å². The first-order valence-electron chi connectivity index (χ1n) is 5.20. The highest BCUT2D eigenvalue weighted by Gasteiger charge is 2.55. The average Bonchev–Trinajstić information content (AvgIpc) is 1.97. The van der Waals surface area contributed by atoms with Crippen LogP contribution in [0.2, 0.25) is 39.3 Å². The first kappa shape index (κ1) is 12.6. The Morgan fingerprint density at radius 3 is 1.29 bits per heavy atom. The predicted molar refractivity (Wildman–Crippen MR) is 69.1 cm³/mol. The molecule has 84 valence electrons. The lowest BCUT2D eigenvalue weighted by atomic mass is 11.6. The Hall–Kier alpha value is 0.531. The van der Waals surface area contributed by atoms with Gasteiger partial charge < -0.3 is 12.6 Å². The molecule has 1 heterocycles. The third-order valence-electron chi connectivity index (χ3n) is 3.76. The van der Waals surface area contributed by atoms with E-state index in [9.17, 15) is 0 Å². The van der Waals surface area contributed by atoms with Gasteiger partial charge in [-0.25, -0.2) is 0 Å². The van der Waals surface area contributed by atoms with E-state index in [0.29, 0.717) is 0 Å². The lowest BCUT2D eigenvalue weighted by molar-refractivity contribution is 0.381. The Labute approximate surface area is 91.6 Å². The van der Waals surface area contributed by atoms with Gasteiger partial charge in [0.1, 0.15) is 0 Å². The second-order valence-electron chi connectivity index (χ2n) is 5.61. The summed E-state index contributed by atoms with van der Waals surface area (Å²) in [4.78, 5) is 0. The third kappa shape index (κ3) is 1.79. The van der Waals surface area contributed by atoms with Gasteiger partial charge >= 0.3 is 0 Å². The summed E-state index contributed by atoms with van der Waals surface area (Å²) in [5, 5.41) is 0. The summed E-state index contributed by atoms with van der Waals surface area (Å²) in [6, 6.07) is 0. The monoisotopic (exact) mass is 248 g/mol. The van der Waals surface area contributed by atoms with Crippen LogP contribution in [0.5, 0.6) is 0 Å². The maximum atomic E-state index is 6.39. The minimum atomic E-state index is -1.59. The van der Waals surface area contributed by atoms with Crippen molar-refractivity contribution in [2.24, 2.45) is 0 Å². The lowest BCUT2D eigenvalue weighted by Gasteiger charge is -2.59. The smallest absolute Gasteiger partial charge is 0.249 e. The minimum absolute atomic E-state index is 1.40. The molecule has 1 rings (SSSR count). The number of nitrogens with zero attached hydrogens (tertiary/aromatic N) is 2. The predicted octanol–water partition coefficient (Wildman–Crippen LogP) is 1.99. The fourth-order valence-corrected chi connectivity index (χ4v) is 21.3. The van der Waals surface area contributed by atoms with Crippen molar-refractivity contribution < 1.29 is 4.12 Å². The third-order valence-corrected chi connectivity index (χ3v) is 20.8. The molecule has 0 N–H and O–H groups in total. The summed E-state index contributed by atoms with van der Waals surface area (Å²) in [6.45, 7) is 14.2. The number of rotatable bonds is 0. The molecular weight excluding hydrogens is 224 g/mol. The molecule has 0 amide bonds. The normalized spacial score (nSPS) is 31.7. The molecule has 1 fully saturated rings. The van der Waals surface area contributed by atoms with Gasteiger partial charge in [-0.05, 0) is 53.4 Å². The molecule has 0 spiro atoms. The zero-order chi connectivity index (χ0) is 11.4. The molecule has 0 aliphatic carbocycles. The second-order valence-corrected chi connectivity index (χ2v) is 18.8. The van der Waals surface area contributed by atoms with Gasteiger partial charge in [0.2, 0.25) is 17.0 Å². The van der Waals surface area contributed by atoms with Crippen molar-refractivity contribution in [2.75, 3.05) is 14.1 Å². The van der Waals surface area contributed by atoms with Crippen LogP contribution in [-0.2, 0) is 4.12 Å². The van der Waals surface area contributed by atoms with Crippen molar-refractivity contribution in [2.45, 2.75) is 39.3 Å². The Morgan fingerprint density at radius 2 is 1.00 bits per heavy atom. The Balaban J connectivity index is 3.10. The minimum Gasteiger partial charge on any atom is -0.433 e. The highest BCUT2D eigenvalue weighted by atomic mass is 28.5. The molecular formula is C8H24N2OSi3. The van der Waals surface area contributed by atoms with Gasteiger partial charge in [0, 0.05) is 0 Å². The first-order chi connectivity index (χ1) is 6.02. The SMILES string of the molecule is CN1[Si](C)(C)O[Si](C)(C)N(C)[Si]1(C)C. The highest BCUT2D eigenvalue weighted by Crippen LogP contribution is 2.33. The van der Waals surface area contributed by atoms with E-state index >= 15 is 0 Å². The van der Waals surface area contributed by atoms with Gasteiger partial charge in [0.25, 0.3) is 0 Å². The van der Waals surface area contributed by atoms with E-state index < -0.39 is 25.4 Å². The maximum absolute atomic E-state index is 6.39. The molecule has 0 aromatic heterocycles. The molecule has 6 heteroatoms. The van der Waals surface area contributed by atoms with Gasteiger partial charge in [-0.3, -0.25) is 0 Å². The van der Waals surface area contributed by atoms with Crippen LogP contribution in [0.25, 0.3) is 0 Å². The fourth-order valence-electron chi connectivity index (χ4n) is 2.29. The van der Waals surface area contributed by atoms with Crippen LogP contribution in [0.1, 0.15) is 0 Å². The van der Waals surface area contributed by atoms with Gasteiger partial charge in [-0.15, -0.1) is 0 Å². The quantitative estimate of drug-likeness (QED) is 0.610. The maximum Gasteiger partial charge on any atom is 0.249 e. The van der Waals surface area contributed by atoms with E-state index in [1.54, 1.807) is 0 Å². The van der Waals surface area contributed by atoms with Crippen LogP contribution >= 0.6 is 0 Å². The molecule has 14 heavy (non-hydrogen) atoms. The average molecular weight is 249 g/mol. The summed E-state index contributed by atoms with van der Waals surface area (Å²) >= 11 is 0. The molecule has 0 aromatic rings. The first-order valence-corrected chi connectivity index (χ1v) is 13.8. The molecule has 0 unspecified atom stereocenters. The Morgan fingerprint density at radius 1 is 0.714 bits per heavy atom. The second kappa shape index (κ2) is 3.26. The highest BCUT2D eigenvalue weighted by molar-refractivity contribution is 7.00. The summed E-state index contributed by atoms with van der Waals surface area (Å²) in [7, 11) is -0.0885. The molecule has 0 saturated carbocycles. The van der Waals surface area contributed by atoms with E-state index in [1.807, 2.05) is 0 Å². The largest absolute Gasteiger partial charge is 0.433 e. The standard InChI is InChI=1S/C8H24N2OSi3/c1-9-12(3,4)10(2)14(7,8)11-13(9,5)6/h1-8H3. The van der Waals surface area contributed by atoms with E-state index in [2.05, 4.69) is 61.8 Å².